The molecular weight excluding hydrogens is 165 g/mol. The molecule has 0 saturated carbocycles. The van der Waals surface area contributed by atoms with Gasteiger partial charge in [0.1, 0.15) is 0 Å². The van der Waals surface area contributed by atoms with E-state index in [0.29, 0.717) is 0 Å². The number of hydrogen-bond acceptors (Lipinski definition) is 2. The third-order valence-electron chi connectivity index (χ3n) is 1.51. The fourth-order valence-corrected chi connectivity index (χ4v) is 0.970. The third kappa shape index (κ3) is 1.70. The number of rotatable bonds is 0. The quantitative estimate of drug-likeness (QED) is 0.426. The van der Waals surface area contributed by atoms with E-state index in [1.807, 2.05) is 25.1 Å². The fourth-order valence-electron chi connectivity index (χ4n) is 0.970. The van der Waals surface area contributed by atoms with Crippen LogP contribution in [0.2, 0.25) is 0 Å². The summed E-state index contributed by atoms with van der Waals surface area (Å²) in [5.74, 6) is 0. The van der Waals surface area contributed by atoms with Crippen LogP contribution in [0.15, 0.2) is 18.2 Å². The smallest absolute Gasteiger partial charge is 0.350 e. The van der Waals surface area contributed by atoms with Gasteiger partial charge in [0.05, 0.1) is 0 Å². The van der Waals surface area contributed by atoms with E-state index in [1.54, 1.807) is 0 Å². The normalized spacial score (nSPS) is 9.55. The van der Waals surface area contributed by atoms with Crippen LogP contribution >= 0.6 is 0 Å². The molecule has 0 aliphatic rings. The van der Waals surface area contributed by atoms with Gasteiger partial charge in [0, 0.05) is 0 Å². The van der Waals surface area contributed by atoms with Gasteiger partial charge in [-0.15, -0.1) is 0 Å². The molecule has 2 aromatic rings. The Morgan fingerprint density at radius 1 is 1.36 bits per heavy atom. The Morgan fingerprint density at radius 2 is 2.18 bits per heavy atom. The Kier molecular flexibility index (Phi) is 3.21. The molecule has 1 aromatic carbocycles. The number of hydrogen-bond donors (Lipinski definition) is 0. The molecule has 0 bridgehead atoms. The van der Waals surface area contributed by atoms with Gasteiger partial charge in [0.2, 0.25) is 0 Å². The van der Waals surface area contributed by atoms with Gasteiger partial charge in [0.15, 0.2) is 0 Å². The van der Waals surface area contributed by atoms with Crippen molar-refractivity contribution in [2.75, 3.05) is 0 Å². The summed E-state index contributed by atoms with van der Waals surface area (Å²) in [4.78, 5) is 0. The topological polar surface area (TPSA) is 39.9 Å². The first-order chi connectivity index (χ1) is 4.88. The Bertz CT molecular complexity index is 355. The maximum Gasteiger partial charge on any atom is 1.00 e. The average Bonchev–Trinajstić information content (AvgIpc) is 2.36. The van der Waals surface area contributed by atoms with E-state index < -0.39 is 0 Å². The first-order valence-corrected chi connectivity index (χ1v) is 3.09. The molecule has 0 saturated heterocycles. The molecule has 1 aromatic heterocycles. The van der Waals surface area contributed by atoms with Gasteiger partial charge in [-0.25, -0.2) is 0 Å². The van der Waals surface area contributed by atoms with Crippen molar-refractivity contribution >= 4 is 11.0 Å². The molecule has 2 rings (SSSR count). The van der Waals surface area contributed by atoms with Crippen molar-refractivity contribution in [1.29, 1.82) is 0 Å². The van der Waals surface area contributed by atoms with Crippen LogP contribution in [0.1, 0.15) is 5.56 Å². The van der Waals surface area contributed by atoms with Crippen molar-refractivity contribution in [2.24, 2.45) is 0 Å². The molecule has 0 atom stereocenters. The number of fused-ring (bicyclic) bond motifs is 1. The second-order valence-corrected chi connectivity index (χ2v) is 2.23. The SMILES string of the molecule is Cc1cccc2[n-]nnc12.[K+]. The monoisotopic (exact) mass is 171 g/mol. The summed E-state index contributed by atoms with van der Waals surface area (Å²) in [6.07, 6.45) is 0. The Morgan fingerprint density at radius 3 is 2.91 bits per heavy atom. The van der Waals surface area contributed by atoms with E-state index in [9.17, 15) is 0 Å². The number of aryl methyl sites for hydroxylation is 1. The summed E-state index contributed by atoms with van der Waals surface area (Å²) in [7, 11) is 0. The van der Waals surface area contributed by atoms with E-state index in [-0.39, 0.29) is 51.4 Å². The molecule has 0 unspecified atom stereocenters. The zero-order chi connectivity index (χ0) is 6.97. The van der Waals surface area contributed by atoms with Crippen LogP contribution in [0, 0.1) is 6.92 Å². The van der Waals surface area contributed by atoms with Gasteiger partial charge in [-0.05, 0) is 23.5 Å². The van der Waals surface area contributed by atoms with Crippen LogP contribution in [0.5, 0.6) is 0 Å². The van der Waals surface area contributed by atoms with Crippen LogP contribution < -0.4 is 56.5 Å². The van der Waals surface area contributed by atoms with Crippen LogP contribution in [-0.4, -0.2) is 10.3 Å². The van der Waals surface area contributed by atoms with Gasteiger partial charge < -0.3 is 10.2 Å². The minimum absolute atomic E-state index is 0. The van der Waals surface area contributed by atoms with Crippen LogP contribution in [0.3, 0.4) is 0 Å². The van der Waals surface area contributed by atoms with Gasteiger partial charge in [-0.1, -0.05) is 18.2 Å². The summed E-state index contributed by atoms with van der Waals surface area (Å²) in [5, 5.41) is 11.2. The van der Waals surface area contributed by atoms with E-state index in [0.717, 1.165) is 16.6 Å². The van der Waals surface area contributed by atoms with Crippen LogP contribution in [-0.2, 0) is 0 Å². The zero-order valence-corrected chi connectivity index (χ0v) is 9.70. The standard InChI is InChI=1S/C7H6N3.K/c1-5-3-2-4-6-7(5)9-10-8-6;/h2-4H,1H3;/q-1;+1. The molecule has 0 radical (unpaired) electrons. The van der Waals surface area contributed by atoms with Crippen molar-refractivity contribution in [2.45, 2.75) is 6.92 Å². The maximum atomic E-state index is 3.86. The maximum absolute atomic E-state index is 3.86. The summed E-state index contributed by atoms with van der Waals surface area (Å²) >= 11 is 0. The second kappa shape index (κ2) is 3.78. The van der Waals surface area contributed by atoms with Crippen molar-refractivity contribution < 1.29 is 51.4 Å². The van der Waals surface area contributed by atoms with Crippen molar-refractivity contribution in [3.05, 3.63) is 23.8 Å². The molecule has 0 N–H and O–H groups in total. The predicted molar refractivity (Wildman–Crippen MR) is 37.6 cm³/mol. The molecule has 0 aliphatic heterocycles. The van der Waals surface area contributed by atoms with E-state index in [2.05, 4.69) is 15.4 Å². The molecule has 0 fully saturated rings. The number of nitrogens with zero attached hydrogens (tertiary/aromatic N) is 3. The first kappa shape index (κ1) is 9.35. The summed E-state index contributed by atoms with van der Waals surface area (Å²) in [6.45, 7) is 2.00. The molecule has 4 heteroatoms. The minimum atomic E-state index is 0. The predicted octanol–water partition coefficient (Wildman–Crippen LogP) is -2.10. The van der Waals surface area contributed by atoms with Crippen LogP contribution in [0.25, 0.3) is 11.0 Å². The van der Waals surface area contributed by atoms with E-state index in [1.165, 1.54) is 0 Å². The number of benzene rings is 1. The van der Waals surface area contributed by atoms with Crippen molar-refractivity contribution in [3.63, 3.8) is 0 Å². The summed E-state index contributed by atoms with van der Waals surface area (Å²) in [5.41, 5.74) is 2.91. The Balaban J connectivity index is 0.000000605. The Hall–Kier alpha value is 0.256. The van der Waals surface area contributed by atoms with Gasteiger partial charge in [0.25, 0.3) is 0 Å². The largest absolute Gasteiger partial charge is 1.00 e. The average molecular weight is 171 g/mol. The molecule has 11 heavy (non-hydrogen) atoms. The summed E-state index contributed by atoms with van der Waals surface area (Å²) in [6, 6.07) is 5.86. The molecule has 0 amide bonds. The van der Waals surface area contributed by atoms with Gasteiger partial charge in [-0.2, -0.15) is 0 Å². The molecule has 1 heterocycles. The molecule has 50 valence electrons. The number of aromatic nitrogens is 3. The van der Waals surface area contributed by atoms with E-state index in [4.69, 9.17) is 0 Å². The van der Waals surface area contributed by atoms with Crippen molar-refractivity contribution in [1.82, 2.24) is 15.4 Å². The van der Waals surface area contributed by atoms with Crippen molar-refractivity contribution in [3.8, 4) is 0 Å². The minimum Gasteiger partial charge on any atom is -0.350 e. The molecule has 0 spiro atoms. The van der Waals surface area contributed by atoms with Gasteiger partial charge in [-0.3, -0.25) is 5.21 Å². The third-order valence-corrected chi connectivity index (χ3v) is 1.51. The van der Waals surface area contributed by atoms with E-state index >= 15 is 0 Å². The Labute approximate surface area is 107 Å². The molecular formula is C7H6KN3. The fraction of sp³-hybridized carbons (Fsp3) is 0.143. The first-order valence-electron chi connectivity index (χ1n) is 3.09. The summed E-state index contributed by atoms with van der Waals surface area (Å²) < 4.78 is 0. The second-order valence-electron chi connectivity index (χ2n) is 2.23. The van der Waals surface area contributed by atoms with Crippen LogP contribution in [0.4, 0.5) is 0 Å². The zero-order valence-electron chi connectivity index (χ0n) is 6.57. The molecule has 3 nitrogen and oxygen atoms in total. The van der Waals surface area contributed by atoms with Gasteiger partial charge >= 0.3 is 51.4 Å². The molecule has 0 aliphatic carbocycles.